The van der Waals surface area contributed by atoms with Crippen LogP contribution in [0.4, 0.5) is 5.69 Å². The Kier molecular flexibility index (Phi) is 4.61. The number of aromatic nitrogens is 2. The summed E-state index contributed by atoms with van der Waals surface area (Å²) in [4.78, 5) is 7.79. The number of rotatable bonds is 6. The van der Waals surface area contributed by atoms with Gasteiger partial charge in [-0.2, -0.15) is 0 Å². The molecule has 2 aromatic rings. The minimum absolute atomic E-state index is 0.0219. The molecule has 106 valence electrons. The molecule has 0 aliphatic rings. The zero-order chi connectivity index (χ0) is 14.4. The second-order valence-electron chi connectivity index (χ2n) is 4.03. The third-order valence-corrected chi connectivity index (χ3v) is 4.15. The van der Waals surface area contributed by atoms with Gasteiger partial charge in [-0.05, 0) is 24.1 Å². The van der Waals surface area contributed by atoms with Gasteiger partial charge in [-0.3, -0.25) is 15.8 Å². The largest absolute Gasteiger partial charge is 0.323 e. The van der Waals surface area contributed by atoms with E-state index in [1.807, 2.05) is 6.07 Å². The molecule has 20 heavy (non-hydrogen) atoms. The standard InChI is InChI=1S/C12H15N5O2S/c13-17-11-4-6-15-9-12(11)20(18,19)16-7-3-10-2-1-5-14-8-10/h1-2,4-6,8-9,16H,3,7,13H2,(H,15,17). The smallest absolute Gasteiger partial charge is 0.244 e. The molecule has 4 N–H and O–H groups in total. The molecule has 2 heterocycles. The molecule has 0 aromatic carbocycles. The Balaban J connectivity index is 2.04. The van der Waals surface area contributed by atoms with Crippen LogP contribution in [0.25, 0.3) is 0 Å². The molecule has 0 bridgehead atoms. The third kappa shape index (κ3) is 3.50. The summed E-state index contributed by atoms with van der Waals surface area (Å²) in [5.41, 5.74) is 3.60. The van der Waals surface area contributed by atoms with Gasteiger partial charge in [0.15, 0.2) is 0 Å². The monoisotopic (exact) mass is 293 g/mol. The maximum atomic E-state index is 12.1. The average Bonchev–Trinajstić information content (AvgIpc) is 2.48. The van der Waals surface area contributed by atoms with Crippen molar-refractivity contribution in [2.75, 3.05) is 12.0 Å². The SMILES string of the molecule is NNc1ccncc1S(=O)(=O)NCCc1cccnc1. The third-order valence-electron chi connectivity index (χ3n) is 2.66. The van der Waals surface area contributed by atoms with Gasteiger partial charge >= 0.3 is 0 Å². The fraction of sp³-hybridized carbons (Fsp3) is 0.167. The van der Waals surface area contributed by atoms with Gasteiger partial charge in [-0.1, -0.05) is 6.07 Å². The number of nitrogens with one attached hydrogen (secondary N) is 2. The van der Waals surface area contributed by atoms with Crippen molar-refractivity contribution in [3.05, 3.63) is 48.5 Å². The normalized spacial score (nSPS) is 11.2. The molecule has 0 atom stereocenters. The van der Waals surface area contributed by atoms with Crippen molar-refractivity contribution < 1.29 is 8.42 Å². The van der Waals surface area contributed by atoms with Crippen LogP contribution in [0.3, 0.4) is 0 Å². The summed E-state index contributed by atoms with van der Waals surface area (Å²) < 4.78 is 26.8. The summed E-state index contributed by atoms with van der Waals surface area (Å²) in [6.45, 7) is 0.271. The maximum Gasteiger partial charge on any atom is 0.244 e. The van der Waals surface area contributed by atoms with Crippen LogP contribution in [0.5, 0.6) is 0 Å². The van der Waals surface area contributed by atoms with Gasteiger partial charge < -0.3 is 5.43 Å². The van der Waals surface area contributed by atoms with Crippen LogP contribution in [-0.2, 0) is 16.4 Å². The highest BCUT2D eigenvalue weighted by Crippen LogP contribution is 2.17. The number of hydrazine groups is 1. The molecular weight excluding hydrogens is 278 g/mol. The van der Waals surface area contributed by atoms with Gasteiger partial charge in [-0.15, -0.1) is 0 Å². The van der Waals surface area contributed by atoms with Crippen molar-refractivity contribution in [2.24, 2.45) is 5.84 Å². The quantitative estimate of drug-likeness (QED) is 0.521. The topological polar surface area (TPSA) is 110 Å². The summed E-state index contributed by atoms with van der Waals surface area (Å²) in [5, 5.41) is 0. The van der Waals surface area contributed by atoms with Crippen LogP contribution in [0, 0.1) is 0 Å². The molecular formula is C12H15N5O2S. The number of hydrogen-bond donors (Lipinski definition) is 3. The Labute approximate surface area is 117 Å². The molecule has 0 fully saturated rings. The molecule has 0 spiro atoms. The predicted octanol–water partition coefficient (Wildman–Crippen LogP) is 0.283. The van der Waals surface area contributed by atoms with E-state index in [1.54, 1.807) is 18.5 Å². The van der Waals surface area contributed by atoms with E-state index in [2.05, 4.69) is 20.1 Å². The molecule has 0 saturated heterocycles. The van der Waals surface area contributed by atoms with Crippen LogP contribution in [0.15, 0.2) is 47.9 Å². The van der Waals surface area contributed by atoms with Gasteiger partial charge in [0, 0.05) is 31.3 Å². The number of anilines is 1. The van der Waals surface area contributed by atoms with Crippen molar-refractivity contribution in [2.45, 2.75) is 11.3 Å². The van der Waals surface area contributed by atoms with Gasteiger partial charge in [0.25, 0.3) is 0 Å². The van der Waals surface area contributed by atoms with Crippen LogP contribution in [-0.4, -0.2) is 24.9 Å². The highest BCUT2D eigenvalue weighted by molar-refractivity contribution is 7.89. The molecule has 0 unspecified atom stereocenters. The lowest BCUT2D eigenvalue weighted by Crippen LogP contribution is -2.27. The Morgan fingerprint density at radius 2 is 1.95 bits per heavy atom. The van der Waals surface area contributed by atoms with E-state index in [9.17, 15) is 8.42 Å². The zero-order valence-corrected chi connectivity index (χ0v) is 11.5. The van der Waals surface area contributed by atoms with Crippen LogP contribution < -0.4 is 16.0 Å². The molecule has 0 saturated carbocycles. The Bertz CT molecular complexity index is 661. The van der Waals surface area contributed by atoms with Crippen molar-refractivity contribution in [1.82, 2.24) is 14.7 Å². The molecule has 7 nitrogen and oxygen atoms in total. The first-order valence-corrected chi connectivity index (χ1v) is 7.41. The fourth-order valence-electron chi connectivity index (χ4n) is 1.67. The number of sulfonamides is 1. The molecule has 0 aliphatic carbocycles. The first-order valence-electron chi connectivity index (χ1n) is 5.92. The number of pyridine rings is 2. The van der Waals surface area contributed by atoms with Gasteiger partial charge in [0.2, 0.25) is 10.0 Å². The van der Waals surface area contributed by atoms with E-state index in [0.29, 0.717) is 12.1 Å². The first-order chi connectivity index (χ1) is 9.63. The minimum atomic E-state index is -3.65. The van der Waals surface area contributed by atoms with Crippen molar-refractivity contribution >= 4 is 15.7 Å². The number of hydrogen-bond acceptors (Lipinski definition) is 6. The van der Waals surface area contributed by atoms with E-state index in [-0.39, 0.29) is 11.4 Å². The highest BCUT2D eigenvalue weighted by atomic mass is 32.2. The van der Waals surface area contributed by atoms with Crippen molar-refractivity contribution in [1.29, 1.82) is 0 Å². The van der Waals surface area contributed by atoms with E-state index < -0.39 is 10.0 Å². The Morgan fingerprint density at radius 3 is 2.65 bits per heavy atom. The average molecular weight is 293 g/mol. The van der Waals surface area contributed by atoms with E-state index in [1.165, 1.54) is 18.5 Å². The summed E-state index contributed by atoms with van der Waals surface area (Å²) >= 11 is 0. The minimum Gasteiger partial charge on any atom is -0.323 e. The molecule has 8 heteroatoms. The number of nitrogen functional groups attached to an aromatic ring is 1. The van der Waals surface area contributed by atoms with E-state index >= 15 is 0 Å². The van der Waals surface area contributed by atoms with Crippen molar-refractivity contribution in [3.8, 4) is 0 Å². The lowest BCUT2D eigenvalue weighted by atomic mass is 10.2. The molecule has 0 aliphatic heterocycles. The predicted molar refractivity (Wildman–Crippen MR) is 75.2 cm³/mol. The lowest BCUT2D eigenvalue weighted by Gasteiger charge is -2.10. The maximum absolute atomic E-state index is 12.1. The van der Waals surface area contributed by atoms with Gasteiger partial charge in [-0.25, -0.2) is 13.1 Å². The van der Waals surface area contributed by atoms with E-state index in [4.69, 9.17) is 5.84 Å². The second-order valence-corrected chi connectivity index (χ2v) is 5.76. The highest BCUT2D eigenvalue weighted by Gasteiger charge is 2.17. The first kappa shape index (κ1) is 14.4. The Morgan fingerprint density at radius 1 is 1.15 bits per heavy atom. The fourth-order valence-corrected chi connectivity index (χ4v) is 2.81. The van der Waals surface area contributed by atoms with E-state index in [0.717, 1.165) is 5.56 Å². The summed E-state index contributed by atoms with van der Waals surface area (Å²) in [5.74, 6) is 5.29. The summed E-state index contributed by atoms with van der Waals surface area (Å²) in [6, 6.07) is 5.19. The Hall–Kier alpha value is -2.03. The zero-order valence-electron chi connectivity index (χ0n) is 10.7. The molecule has 0 amide bonds. The molecule has 0 radical (unpaired) electrons. The van der Waals surface area contributed by atoms with Crippen LogP contribution in [0.2, 0.25) is 0 Å². The van der Waals surface area contributed by atoms with Crippen molar-refractivity contribution in [3.63, 3.8) is 0 Å². The lowest BCUT2D eigenvalue weighted by molar-refractivity contribution is 0.581. The summed E-state index contributed by atoms with van der Waals surface area (Å²) in [6.07, 6.45) is 6.64. The number of nitrogens with two attached hydrogens (primary N) is 1. The number of nitrogens with zero attached hydrogens (tertiary/aromatic N) is 2. The van der Waals surface area contributed by atoms with Crippen LogP contribution in [0.1, 0.15) is 5.56 Å². The van der Waals surface area contributed by atoms with Gasteiger partial charge in [0.05, 0.1) is 5.69 Å². The molecule has 2 aromatic heterocycles. The summed E-state index contributed by atoms with van der Waals surface area (Å²) in [7, 11) is -3.65. The molecule has 2 rings (SSSR count). The van der Waals surface area contributed by atoms with Gasteiger partial charge in [0.1, 0.15) is 4.90 Å². The van der Waals surface area contributed by atoms with Crippen LogP contribution >= 0.6 is 0 Å². The second kappa shape index (κ2) is 6.42.